The normalized spacial score (nSPS) is 17.0. The molecule has 1 aliphatic rings. The van der Waals surface area contributed by atoms with Crippen molar-refractivity contribution in [1.29, 1.82) is 5.26 Å². The average molecular weight is 340 g/mol. The van der Waals surface area contributed by atoms with Crippen LogP contribution in [0.4, 0.5) is 0 Å². The minimum Gasteiger partial charge on any atom is -0.383 e. The fourth-order valence-electron chi connectivity index (χ4n) is 3.40. The molecular weight excluding hydrogens is 316 g/mol. The lowest BCUT2D eigenvalue weighted by Crippen LogP contribution is -2.33. The molecule has 2 aromatic rings. The van der Waals surface area contributed by atoms with E-state index in [0.717, 1.165) is 24.5 Å². The number of rotatable bonds is 6. The van der Waals surface area contributed by atoms with Gasteiger partial charge in [-0.25, -0.2) is 4.68 Å². The maximum atomic E-state index is 9.27. The first-order chi connectivity index (χ1) is 12.3. The third-order valence-electron chi connectivity index (χ3n) is 4.65. The van der Waals surface area contributed by atoms with Gasteiger partial charge >= 0.3 is 0 Å². The molecule has 1 saturated heterocycles. The number of hydrogen-bond acceptors (Lipinski definition) is 6. The SMILES string of the molecule is COCCn1nnnc1[C@H](c1cccc(C#N)c1)N1CCCCCC1. The van der Waals surface area contributed by atoms with Crippen molar-refractivity contribution in [3.05, 3.63) is 41.2 Å². The van der Waals surface area contributed by atoms with Crippen LogP contribution in [0, 0.1) is 11.3 Å². The molecule has 132 valence electrons. The van der Waals surface area contributed by atoms with E-state index in [-0.39, 0.29) is 6.04 Å². The Morgan fingerprint density at radius 2 is 2.04 bits per heavy atom. The van der Waals surface area contributed by atoms with E-state index < -0.39 is 0 Å². The molecule has 2 heterocycles. The molecule has 1 aliphatic heterocycles. The Labute approximate surface area is 148 Å². The molecule has 0 radical (unpaired) electrons. The van der Waals surface area contributed by atoms with E-state index in [1.54, 1.807) is 7.11 Å². The summed E-state index contributed by atoms with van der Waals surface area (Å²) in [6.07, 6.45) is 4.87. The topological polar surface area (TPSA) is 79.9 Å². The van der Waals surface area contributed by atoms with Gasteiger partial charge in [-0.05, 0) is 54.1 Å². The average Bonchev–Trinajstić information content (AvgIpc) is 2.93. The fraction of sp³-hybridized carbons (Fsp3) is 0.556. The third kappa shape index (κ3) is 4.21. The molecule has 0 saturated carbocycles. The smallest absolute Gasteiger partial charge is 0.173 e. The third-order valence-corrected chi connectivity index (χ3v) is 4.65. The van der Waals surface area contributed by atoms with Crippen LogP contribution in [0.5, 0.6) is 0 Å². The van der Waals surface area contributed by atoms with Crippen LogP contribution in [0.25, 0.3) is 0 Å². The van der Waals surface area contributed by atoms with Gasteiger partial charge in [0.2, 0.25) is 0 Å². The summed E-state index contributed by atoms with van der Waals surface area (Å²) in [6, 6.07) is 9.96. The van der Waals surface area contributed by atoms with Crippen molar-refractivity contribution in [3.63, 3.8) is 0 Å². The first-order valence-electron chi connectivity index (χ1n) is 8.82. The highest BCUT2D eigenvalue weighted by Crippen LogP contribution is 2.29. The summed E-state index contributed by atoms with van der Waals surface area (Å²) in [7, 11) is 1.67. The highest BCUT2D eigenvalue weighted by Gasteiger charge is 2.28. The van der Waals surface area contributed by atoms with Gasteiger partial charge in [0.15, 0.2) is 5.82 Å². The van der Waals surface area contributed by atoms with Crippen molar-refractivity contribution in [2.45, 2.75) is 38.3 Å². The molecule has 1 atom stereocenters. The predicted molar refractivity (Wildman–Crippen MR) is 92.7 cm³/mol. The van der Waals surface area contributed by atoms with Crippen LogP contribution in [-0.4, -0.2) is 51.9 Å². The number of hydrogen-bond donors (Lipinski definition) is 0. The summed E-state index contributed by atoms with van der Waals surface area (Å²) in [5, 5.41) is 21.6. The van der Waals surface area contributed by atoms with Crippen LogP contribution in [0.2, 0.25) is 0 Å². The lowest BCUT2D eigenvalue weighted by molar-refractivity contribution is 0.175. The zero-order valence-electron chi connectivity index (χ0n) is 14.6. The molecule has 0 aliphatic carbocycles. The molecule has 0 spiro atoms. The van der Waals surface area contributed by atoms with E-state index in [2.05, 4.69) is 32.6 Å². The van der Waals surface area contributed by atoms with Gasteiger partial charge in [-0.15, -0.1) is 5.10 Å². The number of likely N-dealkylation sites (tertiary alicyclic amines) is 1. The Bertz CT molecular complexity index is 714. The van der Waals surface area contributed by atoms with Crippen LogP contribution in [0.1, 0.15) is 48.7 Å². The Balaban J connectivity index is 1.99. The molecule has 0 unspecified atom stereocenters. The van der Waals surface area contributed by atoms with Crippen molar-refractivity contribution >= 4 is 0 Å². The Hall–Kier alpha value is -2.30. The summed E-state index contributed by atoms with van der Waals surface area (Å²) >= 11 is 0. The maximum Gasteiger partial charge on any atom is 0.173 e. The highest BCUT2D eigenvalue weighted by molar-refractivity contribution is 5.36. The predicted octanol–water partition coefficient (Wildman–Crippen LogP) is 2.16. The van der Waals surface area contributed by atoms with Crippen LogP contribution in [-0.2, 0) is 11.3 Å². The molecule has 0 amide bonds. The van der Waals surface area contributed by atoms with E-state index in [1.165, 1.54) is 25.7 Å². The van der Waals surface area contributed by atoms with E-state index in [0.29, 0.717) is 18.7 Å². The Morgan fingerprint density at radius 3 is 2.76 bits per heavy atom. The summed E-state index contributed by atoms with van der Waals surface area (Å²) < 4.78 is 7.00. The number of aromatic nitrogens is 4. The second-order valence-electron chi connectivity index (χ2n) is 6.34. The quantitative estimate of drug-likeness (QED) is 0.802. The van der Waals surface area contributed by atoms with Crippen LogP contribution >= 0.6 is 0 Å². The van der Waals surface area contributed by atoms with Gasteiger partial charge in [-0.3, -0.25) is 4.90 Å². The van der Waals surface area contributed by atoms with E-state index in [9.17, 15) is 5.26 Å². The lowest BCUT2D eigenvalue weighted by atomic mass is 10.0. The highest BCUT2D eigenvalue weighted by atomic mass is 16.5. The lowest BCUT2D eigenvalue weighted by Gasteiger charge is -2.30. The maximum absolute atomic E-state index is 9.27. The largest absolute Gasteiger partial charge is 0.383 e. The van der Waals surface area contributed by atoms with Gasteiger partial charge in [0.1, 0.15) is 0 Å². The molecule has 3 rings (SSSR count). The number of tetrazole rings is 1. The number of benzene rings is 1. The first-order valence-corrected chi connectivity index (χ1v) is 8.82. The molecule has 1 aromatic heterocycles. The van der Waals surface area contributed by atoms with Crippen LogP contribution < -0.4 is 0 Å². The zero-order valence-corrected chi connectivity index (χ0v) is 14.6. The van der Waals surface area contributed by atoms with Gasteiger partial charge in [0.05, 0.1) is 30.8 Å². The summed E-state index contributed by atoms with van der Waals surface area (Å²) in [5.41, 5.74) is 1.72. The van der Waals surface area contributed by atoms with Gasteiger partial charge in [-0.2, -0.15) is 5.26 Å². The molecule has 25 heavy (non-hydrogen) atoms. The summed E-state index contributed by atoms with van der Waals surface area (Å²) in [4.78, 5) is 2.44. The molecule has 1 fully saturated rings. The zero-order chi connectivity index (χ0) is 17.5. The summed E-state index contributed by atoms with van der Waals surface area (Å²) in [5.74, 6) is 0.814. The molecule has 7 heteroatoms. The van der Waals surface area contributed by atoms with Crippen molar-refractivity contribution in [1.82, 2.24) is 25.1 Å². The number of ether oxygens (including phenoxy) is 1. The minimum atomic E-state index is -0.0433. The van der Waals surface area contributed by atoms with E-state index in [1.807, 2.05) is 22.9 Å². The summed E-state index contributed by atoms with van der Waals surface area (Å²) in [6.45, 7) is 3.20. The number of nitriles is 1. The van der Waals surface area contributed by atoms with Gasteiger partial charge in [0, 0.05) is 7.11 Å². The second kappa shape index (κ2) is 8.70. The molecule has 0 N–H and O–H groups in total. The molecule has 7 nitrogen and oxygen atoms in total. The Morgan fingerprint density at radius 1 is 1.24 bits per heavy atom. The first kappa shape index (κ1) is 17.5. The standard InChI is InChI=1S/C18H24N6O/c1-25-12-11-24-18(20-21-22-24)17(23-9-4-2-3-5-10-23)16-8-6-7-15(13-16)14-19/h6-8,13,17H,2-5,9-12H2,1H3/t17-/m0/s1. The van der Waals surface area contributed by atoms with Crippen LogP contribution in [0.3, 0.4) is 0 Å². The van der Waals surface area contributed by atoms with Gasteiger partial charge < -0.3 is 4.74 Å². The van der Waals surface area contributed by atoms with Crippen molar-refractivity contribution in [2.75, 3.05) is 26.8 Å². The monoisotopic (exact) mass is 340 g/mol. The fourth-order valence-corrected chi connectivity index (χ4v) is 3.40. The molecular formula is C18H24N6O. The van der Waals surface area contributed by atoms with Crippen molar-refractivity contribution in [3.8, 4) is 6.07 Å². The second-order valence-corrected chi connectivity index (χ2v) is 6.34. The number of methoxy groups -OCH3 is 1. The van der Waals surface area contributed by atoms with Gasteiger partial charge in [0.25, 0.3) is 0 Å². The Kier molecular flexibility index (Phi) is 6.09. The van der Waals surface area contributed by atoms with Gasteiger partial charge in [-0.1, -0.05) is 25.0 Å². The van der Waals surface area contributed by atoms with Crippen LogP contribution in [0.15, 0.2) is 24.3 Å². The van der Waals surface area contributed by atoms with Crippen molar-refractivity contribution in [2.24, 2.45) is 0 Å². The molecule has 1 aromatic carbocycles. The number of nitrogens with zero attached hydrogens (tertiary/aromatic N) is 6. The van der Waals surface area contributed by atoms with E-state index in [4.69, 9.17) is 4.74 Å². The molecule has 0 bridgehead atoms. The minimum absolute atomic E-state index is 0.0433. The van der Waals surface area contributed by atoms with E-state index >= 15 is 0 Å². The van der Waals surface area contributed by atoms with Crippen molar-refractivity contribution < 1.29 is 4.74 Å².